The molecular formula is C9H18BrN3. The van der Waals surface area contributed by atoms with Crippen LogP contribution in [0.1, 0.15) is 32.6 Å². The van der Waals surface area contributed by atoms with Gasteiger partial charge in [0.25, 0.3) is 0 Å². The van der Waals surface area contributed by atoms with Gasteiger partial charge in [-0.3, -0.25) is 10.7 Å². The summed E-state index contributed by atoms with van der Waals surface area (Å²) < 4.78 is -0.454. The molecule has 1 atom stereocenters. The molecule has 1 unspecified atom stereocenters. The second-order valence-electron chi connectivity index (χ2n) is 3.73. The fraction of sp³-hybridized carbons (Fsp3) is 0.889. The number of rotatable bonds is 6. The number of nitrogens with two attached hydrogens (primary N) is 1. The van der Waals surface area contributed by atoms with E-state index in [1.165, 1.54) is 12.8 Å². The maximum atomic E-state index is 7.48. The lowest BCUT2D eigenvalue weighted by Gasteiger charge is -2.27. The van der Waals surface area contributed by atoms with E-state index < -0.39 is 4.45 Å². The van der Waals surface area contributed by atoms with Crippen molar-refractivity contribution in [2.45, 2.75) is 37.1 Å². The van der Waals surface area contributed by atoms with Crippen molar-refractivity contribution in [3.05, 3.63) is 0 Å². The molecule has 1 saturated carbocycles. The van der Waals surface area contributed by atoms with Gasteiger partial charge in [0.05, 0.1) is 0 Å². The standard InChI is InChI=1S/C9H18BrN3/c1-2-13-9(10,8(11)12)6-5-7-3-4-7/h7,13H,2-6H2,1H3,(H3,11,12). The van der Waals surface area contributed by atoms with Gasteiger partial charge < -0.3 is 5.73 Å². The minimum atomic E-state index is -0.454. The van der Waals surface area contributed by atoms with E-state index in [1.807, 2.05) is 6.92 Å². The van der Waals surface area contributed by atoms with Crippen molar-refractivity contribution in [2.75, 3.05) is 6.54 Å². The first-order valence-corrected chi connectivity index (χ1v) is 5.66. The molecule has 0 aromatic carbocycles. The molecule has 3 nitrogen and oxygen atoms in total. The number of nitrogens with one attached hydrogen (secondary N) is 2. The average Bonchev–Trinajstić information content (AvgIpc) is 2.84. The number of alkyl halides is 1. The fourth-order valence-corrected chi connectivity index (χ4v) is 1.92. The Morgan fingerprint density at radius 3 is 2.69 bits per heavy atom. The topological polar surface area (TPSA) is 61.9 Å². The average molecular weight is 248 g/mol. The first kappa shape index (κ1) is 11.0. The minimum Gasteiger partial charge on any atom is -0.385 e. The Kier molecular flexibility index (Phi) is 3.74. The molecule has 0 amide bonds. The molecule has 1 fully saturated rings. The van der Waals surface area contributed by atoms with Crippen LogP contribution in [-0.4, -0.2) is 16.8 Å². The summed E-state index contributed by atoms with van der Waals surface area (Å²) >= 11 is 3.51. The molecule has 0 aromatic rings. The molecule has 1 rings (SSSR count). The molecule has 0 saturated heterocycles. The maximum absolute atomic E-state index is 7.48. The summed E-state index contributed by atoms with van der Waals surface area (Å²) in [6.45, 7) is 2.85. The molecule has 0 aromatic heterocycles. The predicted molar refractivity (Wildman–Crippen MR) is 59.2 cm³/mol. The highest BCUT2D eigenvalue weighted by atomic mass is 79.9. The van der Waals surface area contributed by atoms with Crippen LogP contribution in [0.4, 0.5) is 0 Å². The zero-order valence-electron chi connectivity index (χ0n) is 8.07. The molecule has 13 heavy (non-hydrogen) atoms. The Morgan fingerprint density at radius 1 is 1.69 bits per heavy atom. The molecule has 0 heterocycles. The number of halogens is 1. The Hall–Kier alpha value is -0.0900. The van der Waals surface area contributed by atoms with Gasteiger partial charge in [-0.2, -0.15) is 0 Å². The molecular weight excluding hydrogens is 230 g/mol. The highest BCUT2D eigenvalue weighted by Gasteiger charge is 2.32. The van der Waals surface area contributed by atoms with E-state index in [0.29, 0.717) is 0 Å². The molecule has 4 N–H and O–H groups in total. The lowest BCUT2D eigenvalue weighted by molar-refractivity contribution is 0.520. The van der Waals surface area contributed by atoms with Gasteiger partial charge in [-0.25, -0.2) is 0 Å². The molecule has 0 bridgehead atoms. The second-order valence-corrected chi connectivity index (χ2v) is 5.08. The van der Waals surface area contributed by atoms with Crippen LogP contribution in [-0.2, 0) is 0 Å². The van der Waals surface area contributed by atoms with Crippen LogP contribution >= 0.6 is 15.9 Å². The van der Waals surface area contributed by atoms with Crippen molar-refractivity contribution in [1.29, 1.82) is 5.41 Å². The molecule has 1 aliphatic carbocycles. The third-order valence-electron chi connectivity index (χ3n) is 2.48. The van der Waals surface area contributed by atoms with Crippen LogP contribution in [0.3, 0.4) is 0 Å². The van der Waals surface area contributed by atoms with Crippen molar-refractivity contribution in [3.63, 3.8) is 0 Å². The lowest BCUT2D eigenvalue weighted by atomic mass is 10.1. The molecule has 0 radical (unpaired) electrons. The van der Waals surface area contributed by atoms with Crippen LogP contribution in [0.15, 0.2) is 0 Å². The van der Waals surface area contributed by atoms with E-state index in [0.717, 1.165) is 25.3 Å². The third kappa shape index (κ3) is 3.27. The summed E-state index contributed by atoms with van der Waals surface area (Å²) in [5.74, 6) is 1.07. The molecule has 76 valence electrons. The maximum Gasteiger partial charge on any atom is 0.131 e. The number of likely N-dealkylation sites (N-methyl/N-ethyl adjacent to an activating group) is 1. The number of hydrogen-bond acceptors (Lipinski definition) is 2. The van der Waals surface area contributed by atoms with E-state index in [1.54, 1.807) is 0 Å². The summed E-state index contributed by atoms with van der Waals surface area (Å²) in [4.78, 5) is 0. The predicted octanol–water partition coefficient (Wildman–Crippen LogP) is 1.81. The summed E-state index contributed by atoms with van der Waals surface area (Å²) in [6, 6.07) is 0. The van der Waals surface area contributed by atoms with Crippen molar-refractivity contribution in [3.8, 4) is 0 Å². The Labute approximate surface area is 88.1 Å². The van der Waals surface area contributed by atoms with Crippen molar-refractivity contribution in [1.82, 2.24) is 5.32 Å². The molecule has 0 spiro atoms. The van der Waals surface area contributed by atoms with E-state index >= 15 is 0 Å². The molecule has 4 heteroatoms. The van der Waals surface area contributed by atoms with Crippen LogP contribution in [0.2, 0.25) is 0 Å². The fourth-order valence-electron chi connectivity index (χ4n) is 1.41. The zero-order valence-corrected chi connectivity index (χ0v) is 9.65. The van der Waals surface area contributed by atoms with Crippen molar-refractivity contribution >= 4 is 21.8 Å². The lowest BCUT2D eigenvalue weighted by Crippen LogP contribution is -2.50. The van der Waals surface area contributed by atoms with Crippen LogP contribution in [0, 0.1) is 11.3 Å². The Balaban J connectivity index is 2.38. The Morgan fingerprint density at radius 2 is 2.31 bits per heavy atom. The largest absolute Gasteiger partial charge is 0.385 e. The third-order valence-corrected chi connectivity index (χ3v) is 3.58. The second kappa shape index (κ2) is 4.42. The van der Waals surface area contributed by atoms with E-state index in [-0.39, 0.29) is 5.84 Å². The summed E-state index contributed by atoms with van der Waals surface area (Å²) in [7, 11) is 0. The summed E-state index contributed by atoms with van der Waals surface area (Å²) in [6.07, 6.45) is 4.79. The van der Waals surface area contributed by atoms with Gasteiger partial charge in [-0.1, -0.05) is 35.7 Å². The number of hydrogen-bond donors (Lipinski definition) is 3. The smallest absolute Gasteiger partial charge is 0.131 e. The van der Waals surface area contributed by atoms with Crippen molar-refractivity contribution < 1.29 is 0 Å². The van der Waals surface area contributed by atoms with Gasteiger partial charge in [-0.15, -0.1) is 0 Å². The van der Waals surface area contributed by atoms with Gasteiger partial charge in [0.1, 0.15) is 10.3 Å². The summed E-state index contributed by atoms with van der Waals surface area (Å²) in [5.41, 5.74) is 5.54. The Bertz CT molecular complexity index is 191. The monoisotopic (exact) mass is 247 g/mol. The van der Waals surface area contributed by atoms with Crippen LogP contribution in [0.5, 0.6) is 0 Å². The van der Waals surface area contributed by atoms with E-state index in [4.69, 9.17) is 11.1 Å². The quantitative estimate of drug-likeness (QED) is 0.290. The van der Waals surface area contributed by atoms with E-state index in [2.05, 4.69) is 21.2 Å². The highest BCUT2D eigenvalue weighted by Crippen LogP contribution is 2.36. The van der Waals surface area contributed by atoms with Gasteiger partial charge in [0.15, 0.2) is 0 Å². The molecule has 1 aliphatic rings. The van der Waals surface area contributed by atoms with E-state index in [9.17, 15) is 0 Å². The van der Waals surface area contributed by atoms with Gasteiger partial charge in [0, 0.05) is 0 Å². The van der Waals surface area contributed by atoms with Crippen LogP contribution in [0.25, 0.3) is 0 Å². The first-order chi connectivity index (χ1) is 6.08. The van der Waals surface area contributed by atoms with Gasteiger partial charge >= 0.3 is 0 Å². The van der Waals surface area contributed by atoms with Gasteiger partial charge in [-0.05, 0) is 25.3 Å². The highest BCUT2D eigenvalue weighted by molar-refractivity contribution is 9.10. The van der Waals surface area contributed by atoms with Crippen molar-refractivity contribution in [2.24, 2.45) is 11.7 Å². The molecule has 0 aliphatic heterocycles. The minimum absolute atomic E-state index is 0.190. The SMILES string of the molecule is CCNC(Br)(CCC1CC1)C(=N)N. The normalized spacial score (nSPS) is 21.1. The first-order valence-electron chi connectivity index (χ1n) is 4.87. The van der Waals surface area contributed by atoms with Gasteiger partial charge in [0.2, 0.25) is 0 Å². The van der Waals surface area contributed by atoms with Crippen LogP contribution < -0.4 is 11.1 Å². The number of amidine groups is 1. The zero-order chi connectivity index (χ0) is 9.90. The summed E-state index contributed by atoms with van der Waals surface area (Å²) in [5, 5.41) is 10.7.